The molecule has 0 amide bonds. The molecule has 0 aromatic carbocycles. The highest BCUT2D eigenvalue weighted by Crippen LogP contribution is 1.96. The second kappa shape index (κ2) is 3.14. The van der Waals surface area contributed by atoms with Gasteiger partial charge >= 0.3 is 5.63 Å². The zero-order valence-electron chi connectivity index (χ0n) is 6.16. The van der Waals surface area contributed by atoms with Crippen LogP contribution in [-0.2, 0) is 11.2 Å². The molecule has 0 spiro atoms. The summed E-state index contributed by atoms with van der Waals surface area (Å²) in [5.41, 5.74) is 0.342. The summed E-state index contributed by atoms with van der Waals surface area (Å²) in [4.78, 5) is 21.0. The van der Waals surface area contributed by atoms with Crippen molar-refractivity contribution in [2.75, 3.05) is 0 Å². The van der Waals surface area contributed by atoms with Crippen molar-refractivity contribution >= 4 is 5.78 Å². The van der Waals surface area contributed by atoms with Gasteiger partial charge in [0.25, 0.3) is 0 Å². The van der Waals surface area contributed by atoms with Crippen LogP contribution in [0.4, 0.5) is 0 Å². The number of carbonyl (C=O) groups excluding carboxylic acids is 1. The summed E-state index contributed by atoms with van der Waals surface area (Å²) in [6.07, 6.45) is 1.63. The van der Waals surface area contributed by atoms with E-state index in [1.807, 2.05) is 0 Å². The van der Waals surface area contributed by atoms with Gasteiger partial charge in [-0.15, -0.1) is 0 Å². The molecule has 58 valence electrons. The Morgan fingerprint density at radius 2 is 2.27 bits per heavy atom. The Bertz CT molecular complexity index is 291. The van der Waals surface area contributed by atoms with E-state index in [1.165, 1.54) is 19.3 Å². The van der Waals surface area contributed by atoms with Gasteiger partial charge in [-0.25, -0.2) is 4.79 Å². The predicted octanol–water partition coefficient (Wildman–Crippen LogP) is 0.771. The zero-order valence-corrected chi connectivity index (χ0v) is 6.16. The molecule has 1 aromatic rings. The van der Waals surface area contributed by atoms with Crippen LogP contribution in [0.1, 0.15) is 12.5 Å². The molecule has 0 saturated heterocycles. The molecule has 0 radical (unpaired) electrons. The van der Waals surface area contributed by atoms with E-state index >= 15 is 0 Å². The average molecular weight is 152 g/mol. The summed E-state index contributed by atoms with van der Waals surface area (Å²) in [5.74, 6) is 0.0545. The van der Waals surface area contributed by atoms with Crippen LogP contribution in [0.2, 0.25) is 0 Å². The van der Waals surface area contributed by atoms with Gasteiger partial charge in [-0.05, 0) is 18.6 Å². The van der Waals surface area contributed by atoms with Crippen LogP contribution in [0.15, 0.2) is 27.6 Å². The first-order chi connectivity index (χ1) is 5.18. The van der Waals surface area contributed by atoms with Crippen LogP contribution in [0, 0.1) is 0 Å². The van der Waals surface area contributed by atoms with E-state index in [2.05, 4.69) is 4.42 Å². The van der Waals surface area contributed by atoms with Crippen LogP contribution in [0.25, 0.3) is 0 Å². The number of carbonyl (C=O) groups is 1. The molecule has 11 heavy (non-hydrogen) atoms. The van der Waals surface area contributed by atoms with E-state index in [9.17, 15) is 9.59 Å². The molecule has 0 N–H and O–H groups in total. The third kappa shape index (κ3) is 2.37. The lowest BCUT2D eigenvalue weighted by molar-refractivity contribution is -0.116. The van der Waals surface area contributed by atoms with E-state index in [0.717, 1.165) is 5.56 Å². The van der Waals surface area contributed by atoms with Crippen molar-refractivity contribution in [2.45, 2.75) is 13.3 Å². The fourth-order valence-corrected chi connectivity index (χ4v) is 0.775. The third-order valence-electron chi connectivity index (χ3n) is 1.21. The second-order valence-electron chi connectivity index (χ2n) is 2.34. The highest BCUT2D eigenvalue weighted by molar-refractivity contribution is 5.77. The Morgan fingerprint density at radius 3 is 2.73 bits per heavy atom. The van der Waals surface area contributed by atoms with Crippen molar-refractivity contribution < 1.29 is 9.21 Å². The maximum Gasteiger partial charge on any atom is 0.335 e. The van der Waals surface area contributed by atoms with Crippen molar-refractivity contribution in [3.63, 3.8) is 0 Å². The summed E-state index contributed by atoms with van der Waals surface area (Å²) < 4.78 is 4.55. The van der Waals surface area contributed by atoms with Gasteiger partial charge in [0.2, 0.25) is 0 Å². The van der Waals surface area contributed by atoms with Gasteiger partial charge in [0, 0.05) is 12.5 Å². The van der Waals surface area contributed by atoms with Crippen LogP contribution < -0.4 is 5.63 Å². The van der Waals surface area contributed by atoms with E-state index in [0.29, 0.717) is 6.42 Å². The average Bonchev–Trinajstić information content (AvgIpc) is 1.93. The van der Waals surface area contributed by atoms with Crippen LogP contribution in [0.3, 0.4) is 0 Å². The highest BCUT2D eigenvalue weighted by Gasteiger charge is 1.96. The molecule has 1 aromatic heterocycles. The molecule has 0 bridgehead atoms. The quantitative estimate of drug-likeness (QED) is 0.628. The number of hydrogen-bond donors (Lipinski definition) is 0. The van der Waals surface area contributed by atoms with Gasteiger partial charge in [-0.3, -0.25) is 4.79 Å². The fraction of sp³-hybridized carbons (Fsp3) is 0.250. The number of Topliss-reactive ketones (excluding diaryl/α,β-unsaturated/α-hetero) is 1. The first kappa shape index (κ1) is 7.72. The lowest BCUT2D eigenvalue weighted by atomic mass is 10.2. The molecule has 0 aliphatic heterocycles. The topological polar surface area (TPSA) is 47.3 Å². The molecule has 0 saturated carbocycles. The Balaban J connectivity index is 2.82. The monoisotopic (exact) mass is 152 g/mol. The SMILES string of the molecule is CC(=O)Cc1ccc(=O)oc1. The number of rotatable bonds is 2. The molecular weight excluding hydrogens is 144 g/mol. The van der Waals surface area contributed by atoms with E-state index in [4.69, 9.17) is 0 Å². The summed E-state index contributed by atoms with van der Waals surface area (Å²) in [7, 11) is 0. The summed E-state index contributed by atoms with van der Waals surface area (Å²) >= 11 is 0. The minimum absolute atomic E-state index is 0.0545. The largest absolute Gasteiger partial charge is 0.431 e. The van der Waals surface area contributed by atoms with Crippen LogP contribution >= 0.6 is 0 Å². The first-order valence-corrected chi connectivity index (χ1v) is 3.25. The van der Waals surface area contributed by atoms with Crippen LogP contribution in [-0.4, -0.2) is 5.78 Å². The first-order valence-electron chi connectivity index (χ1n) is 3.25. The summed E-state index contributed by atoms with van der Waals surface area (Å²) in [6.45, 7) is 1.49. The Labute approximate surface area is 63.7 Å². The lowest BCUT2D eigenvalue weighted by Gasteiger charge is -1.92. The third-order valence-corrected chi connectivity index (χ3v) is 1.21. The molecule has 0 atom stereocenters. The maximum absolute atomic E-state index is 10.6. The van der Waals surface area contributed by atoms with Crippen molar-refractivity contribution in [2.24, 2.45) is 0 Å². The molecule has 3 heteroatoms. The maximum atomic E-state index is 10.6. The van der Waals surface area contributed by atoms with E-state index in [1.54, 1.807) is 6.07 Å². The van der Waals surface area contributed by atoms with E-state index < -0.39 is 5.63 Å². The fourth-order valence-electron chi connectivity index (χ4n) is 0.775. The standard InChI is InChI=1S/C8H8O3/c1-6(9)4-7-2-3-8(10)11-5-7/h2-3,5H,4H2,1H3. The normalized spacial score (nSPS) is 9.55. The van der Waals surface area contributed by atoms with Gasteiger partial charge < -0.3 is 4.42 Å². The molecule has 3 nitrogen and oxygen atoms in total. The molecule has 0 unspecified atom stereocenters. The lowest BCUT2D eigenvalue weighted by Crippen LogP contribution is -2.00. The molecule has 0 aliphatic rings. The summed E-state index contributed by atoms with van der Waals surface area (Å²) in [6, 6.07) is 2.89. The van der Waals surface area contributed by atoms with Crippen molar-refractivity contribution in [1.82, 2.24) is 0 Å². The van der Waals surface area contributed by atoms with Crippen molar-refractivity contribution in [3.05, 3.63) is 34.4 Å². The molecule has 1 heterocycles. The minimum Gasteiger partial charge on any atom is -0.431 e. The molecular formula is C8H8O3. The Morgan fingerprint density at radius 1 is 1.55 bits per heavy atom. The predicted molar refractivity (Wildman–Crippen MR) is 39.4 cm³/mol. The van der Waals surface area contributed by atoms with Crippen molar-refractivity contribution in [1.29, 1.82) is 0 Å². The number of ketones is 1. The zero-order chi connectivity index (χ0) is 8.27. The second-order valence-corrected chi connectivity index (χ2v) is 2.34. The van der Waals surface area contributed by atoms with Crippen molar-refractivity contribution in [3.8, 4) is 0 Å². The molecule has 0 aliphatic carbocycles. The molecule has 0 fully saturated rings. The van der Waals surface area contributed by atoms with Gasteiger partial charge in [0.05, 0.1) is 6.26 Å². The number of hydrogen-bond acceptors (Lipinski definition) is 3. The summed E-state index contributed by atoms with van der Waals surface area (Å²) in [5, 5.41) is 0. The molecule has 1 rings (SSSR count). The smallest absolute Gasteiger partial charge is 0.335 e. The van der Waals surface area contributed by atoms with Crippen LogP contribution in [0.5, 0.6) is 0 Å². The van der Waals surface area contributed by atoms with Gasteiger partial charge in [-0.2, -0.15) is 0 Å². The van der Waals surface area contributed by atoms with Gasteiger partial charge in [0.15, 0.2) is 0 Å². The van der Waals surface area contributed by atoms with Gasteiger partial charge in [-0.1, -0.05) is 0 Å². The Kier molecular flexibility index (Phi) is 2.21. The minimum atomic E-state index is -0.391. The van der Waals surface area contributed by atoms with Gasteiger partial charge in [0.1, 0.15) is 5.78 Å². The van der Waals surface area contributed by atoms with E-state index in [-0.39, 0.29) is 5.78 Å². The highest BCUT2D eigenvalue weighted by atomic mass is 16.4. The Hall–Kier alpha value is -1.38.